The van der Waals surface area contributed by atoms with E-state index in [1.54, 1.807) is 6.07 Å². The summed E-state index contributed by atoms with van der Waals surface area (Å²) >= 11 is 12.3. The van der Waals surface area contributed by atoms with Crippen molar-refractivity contribution in [1.82, 2.24) is 0 Å². The molecular formula is C21H14Cl2O2. The molecule has 4 heteroatoms. The van der Waals surface area contributed by atoms with E-state index < -0.39 is 0 Å². The molecule has 0 saturated carbocycles. The standard InChI is InChI=1S/C21H14Cl2O2/c22-18-7-3-6-17(20(18)23)19-11-10-15(25-19)12-14-9-8-13-4-1-2-5-16(13)21(14)24/h1-7,10-12H,8-9H2/b14-12+. The number of fused-ring (bicyclic) bond motifs is 1. The molecule has 1 aromatic heterocycles. The van der Waals surface area contributed by atoms with E-state index in [-0.39, 0.29) is 5.78 Å². The van der Waals surface area contributed by atoms with E-state index in [1.807, 2.05) is 54.6 Å². The molecule has 0 N–H and O–H groups in total. The predicted molar refractivity (Wildman–Crippen MR) is 101 cm³/mol. The molecule has 25 heavy (non-hydrogen) atoms. The van der Waals surface area contributed by atoms with Crippen LogP contribution in [0.3, 0.4) is 0 Å². The quantitative estimate of drug-likeness (QED) is 0.485. The van der Waals surface area contributed by atoms with Crippen LogP contribution in [0.1, 0.15) is 28.1 Å². The second kappa shape index (κ2) is 6.55. The van der Waals surface area contributed by atoms with Gasteiger partial charge in [-0.2, -0.15) is 0 Å². The monoisotopic (exact) mass is 368 g/mol. The molecule has 0 atom stereocenters. The molecule has 1 heterocycles. The van der Waals surface area contributed by atoms with Gasteiger partial charge in [-0.3, -0.25) is 4.79 Å². The molecule has 124 valence electrons. The van der Waals surface area contributed by atoms with Crippen molar-refractivity contribution in [3.8, 4) is 11.3 Å². The van der Waals surface area contributed by atoms with Crippen LogP contribution in [-0.4, -0.2) is 5.78 Å². The number of carbonyl (C=O) groups excluding carboxylic acids is 1. The van der Waals surface area contributed by atoms with Gasteiger partial charge in [0.05, 0.1) is 10.0 Å². The highest BCUT2D eigenvalue weighted by molar-refractivity contribution is 6.43. The molecule has 0 saturated heterocycles. The zero-order chi connectivity index (χ0) is 17.4. The van der Waals surface area contributed by atoms with Gasteiger partial charge < -0.3 is 4.42 Å². The highest BCUT2D eigenvalue weighted by atomic mass is 35.5. The molecule has 0 radical (unpaired) electrons. The Morgan fingerprint density at radius 3 is 2.56 bits per heavy atom. The third kappa shape index (κ3) is 3.04. The highest BCUT2D eigenvalue weighted by Crippen LogP contribution is 2.35. The maximum Gasteiger partial charge on any atom is 0.189 e. The van der Waals surface area contributed by atoms with E-state index >= 15 is 0 Å². The Labute approximate surface area is 155 Å². The van der Waals surface area contributed by atoms with Crippen molar-refractivity contribution in [3.63, 3.8) is 0 Å². The van der Waals surface area contributed by atoms with E-state index in [0.717, 1.165) is 28.7 Å². The fourth-order valence-corrected chi connectivity index (χ4v) is 3.49. The SMILES string of the molecule is O=C1/C(=C/c2ccc(-c3cccc(Cl)c3Cl)o2)CCc2ccccc21. The fourth-order valence-electron chi connectivity index (χ4n) is 3.09. The van der Waals surface area contributed by atoms with Gasteiger partial charge in [0, 0.05) is 16.7 Å². The highest BCUT2D eigenvalue weighted by Gasteiger charge is 2.21. The molecule has 1 aliphatic carbocycles. The summed E-state index contributed by atoms with van der Waals surface area (Å²) in [7, 11) is 0. The van der Waals surface area contributed by atoms with Gasteiger partial charge in [0.2, 0.25) is 0 Å². The minimum atomic E-state index is 0.0700. The number of aryl methyl sites for hydroxylation is 1. The number of hydrogen-bond donors (Lipinski definition) is 0. The molecule has 0 amide bonds. The minimum absolute atomic E-state index is 0.0700. The molecule has 0 bridgehead atoms. The number of furan rings is 1. The van der Waals surface area contributed by atoms with Gasteiger partial charge in [0.25, 0.3) is 0 Å². The summed E-state index contributed by atoms with van der Waals surface area (Å²) in [6.07, 6.45) is 3.39. The summed E-state index contributed by atoms with van der Waals surface area (Å²) in [5.74, 6) is 1.33. The Morgan fingerprint density at radius 2 is 1.68 bits per heavy atom. The number of allylic oxidation sites excluding steroid dienone is 1. The van der Waals surface area contributed by atoms with E-state index in [2.05, 4.69) is 0 Å². The van der Waals surface area contributed by atoms with Crippen molar-refractivity contribution >= 4 is 35.1 Å². The van der Waals surface area contributed by atoms with Crippen molar-refractivity contribution in [1.29, 1.82) is 0 Å². The smallest absolute Gasteiger partial charge is 0.189 e. The van der Waals surface area contributed by atoms with Crippen LogP contribution < -0.4 is 0 Å². The van der Waals surface area contributed by atoms with Crippen molar-refractivity contribution in [3.05, 3.63) is 87.1 Å². The van der Waals surface area contributed by atoms with Gasteiger partial charge in [0.1, 0.15) is 11.5 Å². The minimum Gasteiger partial charge on any atom is -0.457 e. The van der Waals surface area contributed by atoms with Gasteiger partial charge in [-0.1, -0.05) is 53.5 Å². The summed E-state index contributed by atoms with van der Waals surface area (Å²) in [4.78, 5) is 12.6. The van der Waals surface area contributed by atoms with Crippen LogP contribution in [0.15, 0.2) is 64.6 Å². The average Bonchev–Trinajstić information content (AvgIpc) is 3.08. The Balaban J connectivity index is 1.67. The normalized spacial score (nSPS) is 15.4. The van der Waals surface area contributed by atoms with Gasteiger partial charge in [0.15, 0.2) is 5.78 Å². The molecule has 2 aromatic carbocycles. The first-order chi connectivity index (χ1) is 12.1. The molecule has 2 nitrogen and oxygen atoms in total. The topological polar surface area (TPSA) is 30.2 Å². The van der Waals surface area contributed by atoms with E-state index in [0.29, 0.717) is 28.0 Å². The Morgan fingerprint density at radius 1 is 0.880 bits per heavy atom. The summed E-state index contributed by atoms with van der Waals surface area (Å²) in [6, 6.07) is 16.8. The van der Waals surface area contributed by atoms with Crippen molar-refractivity contribution in [2.45, 2.75) is 12.8 Å². The van der Waals surface area contributed by atoms with Gasteiger partial charge in [-0.15, -0.1) is 0 Å². The van der Waals surface area contributed by atoms with Crippen LogP contribution in [0.2, 0.25) is 10.0 Å². The number of halogens is 2. The molecule has 0 spiro atoms. The van der Waals surface area contributed by atoms with Crippen LogP contribution >= 0.6 is 23.2 Å². The maximum atomic E-state index is 12.6. The fraction of sp³-hybridized carbons (Fsp3) is 0.0952. The van der Waals surface area contributed by atoms with Gasteiger partial charge in [-0.25, -0.2) is 0 Å². The molecule has 0 fully saturated rings. The lowest BCUT2D eigenvalue weighted by atomic mass is 9.86. The number of benzene rings is 2. The predicted octanol–water partition coefficient (Wildman–Crippen LogP) is 6.47. The molecule has 1 aliphatic rings. The first kappa shape index (κ1) is 16.2. The van der Waals surface area contributed by atoms with Gasteiger partial charge in [-0.05, 0) is 48.7 Å². The summed E-state index contributed by atoms with van der Waals surface area (Å²) in [5, 5.41) is 0.940. The second-order valence-corrected chi connectivity index (χ2v) is 6.74. The number of carbonyl (C=O) groups is 1. The third-order valence-corrected chi connectivity index (χ3v) is 5.20. The number of Topliss-reactive ketones (excluding diaryl/α,β-unsaturated/α-hetero) is 1. The Hall–Kier alpha value is -2.29. The van der Waals surface area contributed by atoms with Gasteiger partial charge >= 0.3 is 0 Å². The number of rotatable bonds is 2. The van der Waals surface area contributed by atoms with Crippen molar-refractivity contribution in [2.24, 2.45) is 0 Å². The summed E-state index contributed by atoms with van der Waals surface area (Å²) in [6.45, 7) is 0. The molecule has 0 aliphatic heterocycles. The summed E-state index contributed by atoms with van der Waals surface area (Å²) < 4.78 is 5.87. The van der Waals surface area contributed by atoms with Crippen LogP contribution in [-0.2, 0) is 6.42 Å². The molecule has 4 rings (SSSR count). The zero-order valence-corrected chi connectivity index (χ0v) is 14.8. The van der Waals surface area contributed by atoms with E-state index in [1.165, 1.54) is 0 Å². The largest absolute Gasteiger partial charge is 0.457 e. The molecule has 3 aromatic rings. The zero-order valence-electron chi connectivity index (χ0n) is 13.3. The first-order valence-corrected chi connectivity index (χ1v) is 8.76. The Bertz CT molecular complexity index is 999. The first-order valence-electron chi connectivity index (χ1n) is 8.01. The van der Waals surface area contributed by atoms with Crippen LogP contribution in [0.5, 0.6) is 0 Å². The average molecular weight is 369 g/mol. The van der Waals surface area contributed by atoms with E-state index in [9.17, 15) is 4.79 Å². The van der Waals surface area contributed by atoms with Crippen LogP contribution in [0.4, 0.5) is 0 Å². The molecular weight excluding hydrogens is 355 g/mol. The Kier molecular flexibility index (Phi) is 4.24. The number of hydrogen-bond acceptors (Lipinski definition) is 2. The summed E-state index contributed by atoms with van der Waals surface area (Å²) in [5.41, 5.74) is 3.39. The number of ketones is 1. The maximum absolute atomic E-state index is 12.6. The lowest BCUT2D eigenvalue weighted by Gasteiger charge is -2.16. The second-order valence-electron chi connectivity index (χ2n) is 5.96. The van der Waals surface area contributed by atoms with Crippen LogP contribution in [0.25, 0.3) is 17.4 Å². The van der Waals surface area contributed by atoms with Crippen molar-refractivity contribution in [2.75, 3.05) is 0 Å². The lowest BCUT2D eigenvalue weighted by molar-refractivity contribution is 0.102. The van der Waals surface area contributed by atoms with Crippen LogP contribution in [0, 0.1) is 0 Å². The van der Waals surface area contributed by atoms with E-state index in [4.69, 9.17) is 27.6 Å². The third-order valence-electron chi connectivity index (χ3n) is 4.38. The molecule has 0 unspecified atom stereocenters. The van der Waals surface area contributed by atoms with Crippen molar-refractivity contribution < 1.29 is 9.21 Å². The lowest BCUT2D eigenvalue weighted by Crippen LogP contribution is -2.13.